The molecule has 0 spiro atoms. The van der Waals surface area contributed by atoms with Crippen molar-refractivity contribution in [1.29, 1.82) is 0 Å². The quantitative estimate of drug-likeness (QED) is 0.410. The Hall–Kier alpha value is -3.12. The number of benzene rings is 2. The number of nitrogens with two attached hydrogens (primary N) is 1. The normalized spacial score (nSPS) is 7.39. The standard InChI is InChI=1S/2C6H6O.C4H5NO.C3H7NO.3C2H6/c2*7-6-4-2-1-3-5-6;1-4-2-5-3-6-4;1-3(5)2-4;3*1-2/h2*1-5,7H;2-3H,1H3;2,4H2,1H3;3*1-2H3. The lowest BCUT2D eigenvalue weighted by molar-refractivity contribution is -0.115. The average Bonchev–Trinajstić information content (AvgIpc) is 3.31. The Kier molecular flexibility index (Phi) is 36.0. The van der Waals surface area contributed by atoms with E-state index < -0.39 is 0 Å². The van der Waals surface area contributed by atoms with Crippen LogP contribution < -0.4 is 5.73 Å². The summed E-state index contributed by atoms with van der Waals surface area (Å²) in [6, 6.07) is 17.4. The van der Waals surface area contributed by atoms with E-state index >= 15 is 0 Å². The van der Waals surface area contributed by atoms with Crippen LogP contribution in [-0.2, 0) is 4.79 Å². The number of para-hydroxylation sites is 2. The molecule has 0 radical (unpaired) electrons. The molecule has 0 saturated heterocycles. The molecule has 0 fully saturated rings. The fraction of sp³-hybridized carbons (Fsp3) is 0.360. The van der Waals surface area contributed by atoms with Gasteiger partial charge < -0.3 is 20.4 Å². The van der Waals surface area contributed by atoms with Crippen LogP contribution in [0.2, 0.25) is 0 Å². The first-order valence-corrected chi connectivity index (χ1v) is 10.5. The Bertz CT molecular complexity index is 621. The van der Waals surface area contributed by atoms with Crippen LogP contribution >= 0.6 is 0 Å². The molecule has 0 unspecified atom stereocenters. The average molecular weight is 435 g/mol. The molecule has 2 aromatic carbocycles. The van der Waals surface area contributed by atoms with Gasteiger partial charge in [-0.05, 0) is 38.1 Å². The molecule has 176 valence electrons. The summed E-state index contributed by atoms with van der Waals surface area (Å²) >= 11 is 0. The van der Waals surface area contributed by atoms with Gasteiger partial charge in [0.2, 0.25) is 0 Å². The molecule has 0 bridgehead atoms. The number of ketones is 1. The second-order valence-electron chi connectivity index (χ2n) is 4.69. The lowest BCUT2D eigenvalue weighted by Gasteiger charge is -1.82. The number of rotatable bonds is 1. The number of Topliss-reactive ketones (excluding diaryl/α,β-unsaturated/α-hetero) is 1. The first-order chi connectivity index (χ1) is 15.0. The van der Waals surface area contributed by atoms with Crippen LogP contribution in [0.4, 0.5) is 0 Å². The zero-order valence-corrected chi connectivity index (χ0v) is 20.4. The molecule has 4 N–H and O–H groups in total. The van der Waals surface area contributed by atoms with E-state index in [0.717, 1.165) is 5.76 Å². The van der Waals surface area contributed by atoms with Crippen LogP contribution in [0.3, 0.4) is 0 Å². The summed E-state index contributed by atoms with van der Waals surface area (Å²) < 4.78 is 4.72. The summed E-state index contributed by atoms with van der Waals surface area (Å²) in [7, 11) is 0. The van der Waals surface area contributed by atoms with Crippen LogP contribution in [0.15, 0.2) is 77.7 Å². The van der Waals surface area contributed by atoms with E-state index in [2.05, 4.69) is 4.98 Å². The van der Waals surface area contributed by atoms with Crippen molar-refractivity contribution in [1.82, 2.24) is 4.98 Å². The Labute approximate surface area is 188 Å². The first-order valence-electron chi connectivity index (χ1n) is 10.5. The first kappa shape index (κ1) is 35.3. The number of phenols is 2. The number of aromatic hydroxyl groups is 2. The third kappa shape index (κ3) is 34.8. The second-order valence-corrected chi connectivity index (χ2v) is 4.69. The second kappa shape index (κ2) is 31.6. The van der Waals surface area contributed by atoms with Gasteiger partial charge in [0, 0.05) is 0 Å². The summed E-state index contributed by atoms with van der Waals surface area (Å²) in [6.07, 6.45) is 3.08. The molecule has 0 saturated carbocycles. The third-order valence-electron chi connectivity index (χ3n) is 2.36. The molecule has 0 aliphatic rings. The molecule has 0 amide bonds. The number of carbonyl (C=O) groups is 1. The molecule has 3 rings (SSSR count). The maximum absolute atomic E-state index is 9.69. The van der Waals surface area contributed by atoms with E-state index in [4.69, 9.17) is 20.4 Å². The van der Waals surface area contributed by atoms with Crippen molar-refractivity contribution >= 4 is 5.78 Å². The van der Waals surface area contributed by atoms with Crippen molar-refractivity contribution in [2.45, 2.75) is 55.4 Å². The van der Waals surface area contributed by atoms with E-state index in [1.807, 2.05) is 60.6 Å². The summed E-state index contributed by atoms with van der Waals surface area (Å²) in [5.41, 5.74) is 4.82. The molecule has 6 nitrogen and oxygen atoms in total. The van der Waals surface area contributed by atoms with Gasteiger partial charge >= 0.3 is 0 Å². The topological polar surface area (TPSA) is 110 Å². The van der Waals surface area contributed by atoms with E-state index in [0.29, 0.717) is 11.5 Å². The van der Waals surface area contributed by atoms with E-state index in [9.17, 15) is 4.79 Å². The molecule has 6 heteroatoms. The lowest BCUT2D eigenvalue weighted by atomic mass is 10.3. The largest absolute Gasteiger partial charge is 0.508 e. The minimum absolute atomic E-state index is 0.0324. The number of hydrogen-bond acceptors (Lipinski definition) is 6. The van der Waals surface area contributed by atoms with Gasteiger partial charge in [0.15, 0.2) is 6.39 Å². The number of hydrogen-bond donors (Lipinski definition) is 3. The van der Waals surface area contributed by atoms with Crippen LogP contribution in [0, 0.1) is 6.92 Å². The zero-order chi connectivity index (χ0) is 24.9. The van der Waals surface area contributed by atoms with E-state index in [-0.39, 0.29) is 12.3 Å². The van der Waals surface area contributed by atoms with Crippen LogP contribution in [0.1, 0.15) is 54.2 Å². The van der Waals surface area contributed by atoms with E-state index in [1.165, 1.54) is 13.3 Å². The van der Waals surface area contributed by atoms with Crippen molar-refractivity contribution in [3.63, 3.8) is 0 Å². The van der Waals surface area contributed by atoms with Crippen molar-refractivity contribution in [3.05, 3.63) is 79.0 Å². The molecule has 0 aliphatic carbocycles. The molecule has 1 aromatic heterocycles. The summed E-state index contributed by atoms with van der Waals surface area (Å²) in [6.45, 7) is 15.5. The third-order valence-corrected chi connectivity index (χ3v) is 2.36. The molecule has 0 atom stereocenters. The van der Waals surface area contributed by atoms with E-state index in [1.54, 1.807) is 54.7 Å². The Balaban J connectivity index is -0.000000146. The van der Waals surface area contributed by atoms with Crippen molar-refractivity contribution < 1.29 is 19.4 Å². The van der Waals surface area contributed by atoms with Crippen molar-refractivity contribution in [3.8, 4) is 11.5 Å². The number of carbonyl (C=O) groups excluding carboxylic acids is 1. The molecule has 1 heterocycles. The Morgan fingerprint density at radius 1 is 0.839 bits per heavy atom. The Morgan fingerprint density at radius 3 is 1.26 bits per heavy atom. The van der Waals surface area contributed by atoms with Gasteiger partial charge in [-0.3, -0.25) is 4.79 Å². The monoisotopic (exact) mass is 434 g/mol. The fourth-order valence-corrected chi connectivity index (χ4v) is 1.14. The predicted octanol–water partition coefficient (Wildman–Crippen LogP) is 6.38. The van der Waals surface area contributed by atoms with Crippen LogP contribution in [-0.4, -0.2) is 27.5 Å². The highest BCUT2D eigenvalue weighted by Gasteiger charge is 1.78. The highest BCUT2D eigenvalue weighted by atomic mass is 16.3. The van der Waals surface area contributed by atoms with Crippen LogP contribution in [0.25, 0.3) is 0 Å². The SMILES string of the molecule is CC.CC.CC.CC(=O)CN.Cc1cnco1.Oc1ccccc1.Oc1ccccc1. The van der Waals surface area contributed by atoms with Gasteiger partial charge in [0.1, 0.15) is 23.0 Å². The maximum Gasteiger partial charge on any atom is 0.180 e. The zero-order valence-electron chi connectivity index (χ0n) is 20.4. The molecular weight excluding hydrogens is 392 g/mol. The minimum Gasteiger partial charge on any atom is -0.508 e. The number of aryl methyl sites for hydroxylation is 1. The van der Waals surface area contributed by atoms with Gasteiger partial charge in [-0.15, -0.1) is 0 Å². The summed E-state index contributed by atoms with van der Waals surface area (Å²) in [4.78, 5) is 13.3. The molecule has 3 aromatic rings. The van der Waals surface area contributed by atoms with Gasteiger partial charge in [0.25, 0.3) is 0 Å². The minimum atomic E-state index is 0.0324. The van der Waals surface area contributed by atoms with Crippen molar-refractivity contribution in [2.75, 3.05) is 6.54 Å². The van der Waals surface area contributed by atoms with Gasteiger partial charge in [-0.25, -0.2) is 4.98 Å². The maximum atomic E-state index is 9.69. The van der Waals surface area contributed by atoms with Gasteiger partial charge in [-0.2, -0.15) is 0 Å². The highest BCUT2D eigenvalue weighted by Crippen LogP contribution is 2.03. The summed E-state index contributed by atoms with van der Waals surface area (Å²) in [5, 5.41) is 17.3. The summed E-state index contributed by atoms with van der Waals surface area (Å²) in [5.74, 6) is 1.53. The highest BCUT2D eigenvalue weighted by molar-refractivity contribution is 5.77. The number of aromatic nitrogens is 1. The molecular formula is C25H42N2O4. The van der Waals surface area contributed by atoms with Crippen molar-refractivity contribution in [2.24, 2.45) is 5.73 Å². The smallest absolute Gasteiger partial charge is 0.180 e. The van der Waals surface area contributed by atoms with Gasteiger partial charge in [0.05, 0.1) is 12.7 Å². The molecule has 0 aliphatic heterocycles. The number of phenolic OH excluding ortho intramolecular Hbond substituents is 2. The predicted molar refractivity (Wildman–Crippen MR) is 131 cm³/mol. The number of nitrogens with zero attached hydrogens (tertiary/aromatic N) is 1. The lowest BCUT2D eigenvalue weighted by Crippen LogP contribution is -2.07. The fourth-order valence-electron chi connectivity index (χ4n) is 1.14. The number of oxazole rings is 1. The molecule has 31 heavy (non-hydrogen) atoms. The Morgan fingerprint density at radius 2 is 1.16 bits per heavy atom. The van der Waals surface area contributed by atoms with Crippen LogP contribution in [0.5, 0.6) is 11.5 Å². The van der Waals surface area contributed by atoms with Gasteiger partial charge in [-0.1, -0.05) is 77.9 Å².